The van der Waals surface area contributed by atoms with Crippen molar-refractivity contribution in [3.63, 3.8) is 0 Å². The molecule has 0 aliphatic rings. The van der Waals surface area contributed by atoms with Crippen molar-refractivity contribution in [2.45, 2.75) is 45.2 Å². The van der Waals surface area contributed by atoms with Crippen LogP contribution in [-0.2, 0) is 33.7 Å². The molecule has 0 saturated carbocycles. The Bertz CT molecular complexity index is 1060. The lowest BCUT2D eigenvalue weighted by Crippen LogP contribution is -2.50. The molecule has 3 aromatic rings. The summed E-state index contributed by atoms with van der Waals surface area (Å²) < 4.78 is 18.9. The van der Waals surface area contributed by atoms with E-state index < -0.39 is 6.04 Å². The number of benzene rings is 3. The lowest BCUT2D eigenvalue weighted by atomic mass is 10.0. The van der Waals surface area contributed by atoms with E-state index in [9.17, 15) is 14.0 Å². The molecular formula is C30H35FN2O3. The van der Waals surface area contributed by atoms with E-state index in [0.29, 0.717) is 39.0 Å². The Labute approximate surface area is 213 Å². The van der Waals surface area contributed by atoms with Crippen molar-refractivity contribution in [1.29, 1.82) is 0 Å². The number of hydrogen-bond acceptors (Lipinski definition) is 3. The first-order valence-corrected chi connectivity index (χ1v) is 12.5. The van der Waals surface area contributed by atoms with Crippen molar-refractivity contribution in [1.82, 2.24) is 10.2 Å². The SMILES string of the molecule is CCOCCCNC(=O)[C@@H](Cc1ccccc1)N(Cc1ccc(F)cc1)C(=O)CCc1ccccc1. The summed E-state index contributed by atoms with van der Waals surface area (Å²) >= 11 is 0. The van der Waals surface area contributed by atoms with Gasteiger partial charge in [-0.3, -0.25) is 9.59 Å². The fourth-order valence-corrected chi connectivity index (χ4v) is 4.03. The summed E-state index contributed by atoms with van der Waals surface area (Å²) in [7, 11) is 0. The Kier molecular flexibility index (Phi) is 11.1. The van der Waals surface area contributed by atoms with Gasteiger partial charge in [0.05, 0.1) is 0 Å². The lowest BCUT2D eigenvalue weighted by molar-refractivity contribution is -0.141. The van der Waals surface area contributed by atoms with Crippen LogP contribution in [0.4, 0.5) is 4.39 Å². The van der Waals surface area contributed by atoms with E-state index in [1.54, 1.807) is 17.0 Å². The Morgan fingerprint density at radius 3 is 2.17 bits per heavy atom. The van der Waals surface area contributed by atoms with Gasteiger partial charge in [0.2, 0.25) is 11.8 Å². The van der Waals surface area contributed by atoms with Gasteiger partial charge < -0.3 is 15.0 Å². The highest BCUT2D eigenvalue weighted by atomic mass is 19.1. The van der Waals surface area contributed by atoms with Crippen LogP contribution >= 0.6 is 0 Å². The molecule has 0 heterocycles. The number of nitrogens with one attached hydrogen (secondary N) is 1. The molecule has 0 saturated heterocycles. The summed E-state index contributed by atoms with van der Waals surface area (Å²) in [6, 6.07) is 24.9. The van der Waals surface area contributed by atoms with E-state index in [0.717, 1.165) is 16.7 Å². The number of aryl methyl sites for hydroxylation is 1. The van der Waals surface area contributed by atoms with Crippen LogP contribution in [0.5, 0.6) is 0 Å². The normalized spacial score (nSPS) is 11.6. The highest BCUT2D eigenvalue weighted by molar-refractivity contribution is 5.88. The first-order chi connectivity index (χ1) is 17.6. The van der Waals surface area contributed by atoms with E-state index in [4.69, 9.17) is 4.74 Å². The Balaban J connectivity index is 1.83. The number of rotatable bonds is 14. The maximum atomic E-state index is 13.6. The number of ether oxygens (including phenoxy) is 1. The molecule has 1 N–H and O–H groups in total. The van der Waals surface area contributed by atoms with Crippen LogP contribution in [0.1, 0.15) is 36.5 Å². The quantitative estimate of drug-likeness (QED) is 0.326. The second-order valence-corrected chi connectivity index (χ2v) is 8.68. The Hall–Kier alpha value is -3.51. The topological polar surface area (TPSA) is 58.6 Å². The second-order valence-electron chi connectivity index (χ2n) is 8.68. The van der Waals surface area contributed by atoms with Crippen LogP contribution in [0, 0.1) is 5.82 Å². The molecule has 5 nitrogen and oxygen atoms in total. The average molecular weight is 491 g/mol. The third-order valence-corrected chi connectivity index (χ3v) is 5.98. The molecular weight excluding hydrogens is 455 g/mol. The summed E-state index contributed by atoms with van der Waals surface area (Å²) in [5.74, 6) is -0.660. The number of halogens is 1. The van der Waals surface area contributed by atoms with Crippen molar-refractivity contribution in [3.05, 3.63) is 107 Å². The third kappa shape index (κ3) is 8.93. The summed E-state index contributed by atoms with van der Waals surface area (Å²) in [4.78, 5) is 28.7. The van der Waals surface area contributed by atoms with Crippen molar-refractivity contribution < 1.29 is 18.7 Å². The molecule has 2 amide bonds. The summed E-state index contributed by atoms with van der Waals surface area (Å²) in [5.41, 5.74) is 2.80. The molecule has 190 valence electrons. The molecule has 3 rings (SSSR count). The lowest BCUT2D eigenvalue weighted by Gasteiger charge is -2.31. The van der Waals surface area contributed by atoms with Crippen molar-refractivity contribution in [2.24, 2.45) is 0 Å². The fourth-order valence-electron chi connectivity index (χ4n) is 4.03. The van der Waals surface area contributed by atoms with Gasteiger partial charge in [-0.2, -0.15) is 0 Å². The minimum absolute atomic E-state index is 0.117. The van der Waals surface area contributed by atoms with Gasteiger partial charge in [-0.05, 0) is 48.6 Å². The van der Waals surface area contributed by atoms with Crippen LogP contribution in [-0.4, -0.2) is 42.5 Å². The largest absolute Gasteiger partial charge is 0.382 e. The fraction of sp³-hybridized carbons (Fsp3) is 0.333. The summed E-state index contributed by atoms with van der Waals surface area (Å²) in [5, 5.41) is 2.99. The maximum absolute atomic E-state index is 13.6. The smallest absolute Gasteiger partial charge is 0.243 e. The predicted molar refractivity (Wildman–Crippen MR) is 140 cm³/mol. The molecule has 0 spiro atoms. The third-order valence-electron chi connectivity index (χ3n) is 5.98. The highest BCUT2D eigenvalue weighted by Gasteiger charge is 2.30. The second kappa shape index (κ2) is 14.8. The number of amides is 2. The minimum atomic E-state index is -0.701. The zero-order chi connectivity index (χ0) is 25.6. The molecule has 3 aromatic carbocycles. The number of carbonyl (C=O) groups excluding carboxylic acids is 2. The molecule has 0 aromatic heterocycles. The molecule has 0 unspecified atom stereocenters. The van der Waals surface area contributed by atoms with E-state index >= 15 is 0 Å². The molecule has 6 heteroatoms. The first kappa shape index (κ1) is 27.1. The van der Waals surface area contributed by atoms with E-state index in [1.807, 2.05) is 67.6 Å². The molecule has 0 aliphatic carbocycles. The molecule has 0 radical (unpaired) electrons. The number of carbonyl (C=O) groups is 2. The highest BCUT2D eigenvalue weighted by Crippen LogP contribution is 2.17. The zero-order valence-electron chi connectivity index (χ0n) is 20.9. The van der Waals surface area contributed by atoms with Crippen LogP contribution in [0.3, 0.4) is 0 Å². The Morgan fingerprint density at radius 1 is 0.889 bits per heavy atom. The van der Waals surface area contributed by atoms with E-state index in [2.05, 4.69) is 5.32 Å². The summed E-state index contributed by atoms with van der Waals surface area (Å²) in [6.07, 6.45) is 1.93. The van der Waals surface area contributed by atoms with Gasteiger partial charge in [-0.1, -0.05) is 72.8 Å². The van der Waals surface area contributed by atoms with Gasteiger partial charge in [-0.15, -0.1) is 0 Å². The molecule has 0 fully saturated rings. The van der Waals surface area contributed by atoms with Crippen LogP contribution in [0.2, 0.25) is 0 Å². The van der Waals surface area contributed by atoms with Crippen LogP contribution in [0.25, 0.3) is 0 Å². The van der Waals surface area contributed by atoms with Crippen LogP contribution in [0.15, 0.2) is 84.9 Å². The van der Waals surface area contributed by atoms with Crippen molar-refractivity contribution >= 4 is 11.8 Å². The predicted octanol–water partition coefficient (Wildman–Crippen LogP) is 4.94. The Morgan fingerprint density at radius 2 is 1.53 bits per heavy atom. The van der Waals surface area contributed by atoms with E-state index in [1.165, 1.54) is 12.1 Å². The van der Waals surface area contributed by atoms with Crippen molar-refractivity contribution in [3.8, 4) is 0 Å². The number of nitrogens with zero attached hydrogens (tertiary/aromatic N) is 1. The maximum Gasteiger partial charge on any atom is 0.243 e. The van der Waals surface area contributed by atoms with Crippen molar-refractivity contribution in [2.75, 3.05) is 19.8 Å². The van der Waals surface area contributed by atoms with Gasteiger partial charge >= 0.3 is 0 Å². The van der Waals surface area contributed by atoms with Gasteiger partial charge in [0.1, 0.15) is 11.9 Å². The minimum Gasteiger partial charge on any atom is -0.382 e. The molecule has 0 bridgehead atoms. The average Bonchev–Trinajstić information content (AvgIpc) is 2.91. The number of hydrogen-bond donors (Lipinski definition) is 1. The monoisotopic (exact) mass is 490 g/mol. The van der Waals surface area contributed by atoms with E-state index in [-0.39, 0.29) is 30.6 Å². The standard InChI is InChI=1S/C30H35FN2O3/c1-2-36-21-9-20-32-30(35)28(22-25-12-7-4-8-13-25)33(23-26-14-17-27(31)18-15-26)29(34)19-16-24-10-5-3-6-11-24/h3-8,10-15,17-18,28H,2,9,16,19-23H2,1H3,(H,32,35)/t28-/m1/s1. The van der Waals surface area contributed by atoms with Crippen LogP contribution < -0.4 is 5.32 Å². The van der Waals surface area contributed by atoms with Gasteiger partial charge in [-0.25, -0.2) is 4.39 Å². The molecule has 0 aliphatic heterocycles. The zero-order valence-corrected chi connectivity index (χ0v) is 20.9. The van der Waals surface area contributed by atoms with Gasteiger partial charge in [0, 0.05) is 39.1 Å². The molecule has 1 atom stereocenters. The van der Waals surface area contributed by atoms with Gasteiger partial charge in [0.15, 0.2) is 0 Å². The first-order valence-electron chi connectivity index (χ1n) is 12.5. The summed E-state index contributed by atoms with van der Waals surface area (Å²) in [6.45, 7) is 3.81. The van der Waals surface area contributed by atoms with Gasteiger partial charge in [0.25, 0.3) is 0 Å². The molecule has 36 heavy (non-hydrogen) atoms.